The molecule has 3 N–H and O–H groups in total. The van der Waals surface area contributed by atoms with Crippen LogP contribution in [0, 0.1) is 5.92 Å². The van der Waals surface area contributed by atoms with Gasteiger partial charge in [-0.3, -0.25) is 0 Å². The molecule has 3 heteroatoms. The molecule has 16 heavy (non-hydrogen) atoms. The number of ether oxygens (including phenoxy) is 1. The van der Waals surface area contributed by atoms with Gasteiger partial charge in [0.2, 0.25) is 0 Å². The lowest BCUT2D eigenvalue weighted by Crippen LogP contribution is -2.20. The van der Waals surface area contributed by atoms with E-state index in [1.54, 1.807) is 0 Å². The van der Waals surface area contributed by atoms with Gasteiger partial charge in [0.1, 0.15) is 5.75 Å². The molecule has 0 fully saturated rings. The highest BCUT2D eigenvalue weighted by Crippen LogP contribution is 2.24. The summed E-state index contributed by atoms with van der Waals surface area (Å²) in [7, 11) is 0. The largest absolute Gasteiger partial charge is 0.489 e. The zero-order valence-corrected chi connectivity index (χ0v) is 10.4. The third-order valence-electron chi connectivity index (χ3n) is 2.29. The van der Waals surface area contributed by atoms with Crippen LogP contribution in [-0.4, -0.2) is 19.2 Å². The molecular weight excluding hydrogens is 200 g/mol. The second kappa shape index (κ2) is 6.38. The van der Waals surface area contributed by atoms with Crippen molar-refractivity contribution >= 4 is 5.69 Å². The molecule has 90 valence electrons. The summed E-state index contributed by atoms with van der Waals surface area (Å²) in [6, 6.07) is 7.99. The van der Waals surface area contributed by atoms with Gasteiger partial charge < -0.3 is 15.8 Å². The minimum atomic E-state index is 0.190. The van der Waals surface area contributed by atoms with Gasteiger partial charge >= 0.3 is 0 Å². The fourth-order valence-electron chi connectivity index (χ4n) is 1.34. The zero-order chi connectivity index (χ0) is 12.0. The highest BCUT2D eigenvalue weighted by Gasteiger charge is 2.05. The van der Waals surface area contributed by atoms with Crippen LogP contribution in [0.15, 0.2) is 24.3 Å². The Kier molecular flexibility index (Phi) is 5.12. The Morgan fingerprint density at radius 1 is 1.25 bits per heavy atom. The Morgan fingerprint density at radius 2 is 1.94 bits per heavy atom. The molecule has 1 atom stereocenters. The van der Waals surface area contributed by atoms with Gasteiger partial charge in [-0.05, 0) is 38.4 Å². The van der Waals surface area contributed by atoms with Crippen LogP contribution in [-0.2, 0) is 0 Å². The van der Waals surface area contributed by atoms with E-state index in [9.17, 15) is 0 Å². The molecule has 0 radical (unpaired) electrons. The van der Waals surface area contributed by atoms with Crippen molar-refractivity contribution < 1.29 is 4.74 Å². The van der Waals surface area contributed by atoms with Crippen LogP contribution < -0.4 is 15.8 Å². The molecule has 1 aromatic carbocycles. The molecule has 0 saturated carbocycles. The minimum Gasteiger partial charge on any atom is -0.489 e. The van der Waals surface area contributed by atoms with E-state index in [1.807, 2.05) is 38.1 Å². The Bertz CT molecular complexity index is 313. The van der Waals surface area contributed by atoms with Crippen molar-refractivity contribution in [3.63, 3.8) is 0 Å². The lowest BCUT2D eigenvalue weighted by Gasteiger charge is -2.17. The average Bonchev–Trinajstić information content (AvgIpc) is 2.26. The first-order chi connectivity index (χ1) is 7.63. The van der Waals surface area contributed by atoms with Crippen LogP contribution >= 0.6 is 0 Å². The minimum absolute atomic E-state index is 0.190. The first-order valence-corrected chi connectivity index (χ1v) is 5.83. The molecule has 0 heterocycles. The van der Waals surface area contributed by atoms with Crippen LogP contribution in [0.2, 0.25) is 0 Å². The molecule has 1 unspecified atom stereocenters. The monoisotopic (exact) mass is 222 g/mol. The van der Waals surface area contributed by atoms with Crippen LogP contribution in [0.4, 0.5) is 5.69 Å². The molecule has 0 spiro atoms. The van der Waals surface area contributed by atoms with Crippen LogP contribution in [0.5, 0.6) is 5.75 Å². The summed E-state index contributed by atoms with van der Waals surface area (Å²) < 4.78 is 5.72. The maximum Gasteiger partial charge on any atom is 0.142 e. The molecule has 0 bridgehead atoms. The predicted octanol–water partition coefficient (Wildman–Crippen LogP) is 2.48. The van der Waals surface area contributed by atoms with Crippen molar-refractivity contribution in [1.82, 2.24) is 0 Å². The smallest absolute Gasteiger partial charge is 0.142 e. The highest BCUT2D eigenvalue weighted by atomic mass is 16.5. The van der Waals surface area contributed by atoms with Crippen molar-refractivity contribution in [2.75, 3.05) is 18.4 Å². The maximum absolute atomic E-state index is 5.72. The number of para-hydroxylation sites is 2. The normalized spacial score (nSPS) is 12.6. The van der Waals surface area contributed by atoms with Crippen molar-refractivity contribution in [3.8, 4) is 5.75 Å². The Hall–Kier alpha value is -1.22. The van der Waals surface area contributed by atoms with Gasteiger partial charge in [0.15, 0.2) is 0 Å². The summed E-state index contributed by atoms with van der Waals surface area (Å²) in [6.07, 6.45) is 0.190. The fourth-order valence-corrected chi connectivity index (χ4v) is 1.34. The number of hydrogen-bond donors (Lipinski definition) is 2. The lowest BCUT2D eigenvalue weighted by atomic mass is 10.2. The summed E-state index contributed by atoms with van der Waals surface area (Å²) in [4.78, 5) is 0. The highest BCUT2D eigenvalue weighted by molar-refractivity contribution is 5.56. The summed E-state index contributed by atoms with van der Waals surface area (Å²) in [5.74, 6) is 1.37. The summed E-state index contributed by atoms with van der Waals surface area (Å²) in [5.41, 5.74) is 6.62. The summed E-state index contributed by atoms with van der Waals surface area (Å²) in [5, 5.41) is 3.36. The van der Waals surface area contributed by atoms with E-state index in [0.29, 0.717) is 12.5 Å². The lowest BCUT2D eigenvalue weighted by molar-refractivity contribution is 0.243. The van der Waals surface area contributed by atoms with Gasteiger partial charge in [-0.15, -0.1) is 0 Å². The Labute approximate surface area is 98.0 Å². The number of rotatable bonds is 6. The van der Waals surface area contributed by atoms with E-state index >= 15 is 0 Å². The van der Waals surface area contributed by atoms with E-state index in [-0.39, 0.29) is 6.10 Å². The van der Waals surface area contributed by atoms with Crippen LogP contribution in [0.3, 0.4) is 0 Å². The van der Waals surface area contributed by atoms with E-state index in [4.69, 9.17) is 10.5 Å². The first-order valence-electron chi connectivity index (χ1n) is 5.83. The van der Waals surface area contributed by atoms with Gasteiger partial charge in [-0.25, -0.2) is 0 Å². The standard InChI is InChI=1S/C13H22N2O/c1-10(2)16-13-7-5-4-6-12(13)15-9-11(3)8-14/h4-7,10-11,15H,8-9,14H2,1-3H3. The fraction of sp³-hybridized carbons (Fsp3) is 0.538. The zero-order valence-electron chi connectivity index (χ0n) is 10.4. The van der Waals surface area contributed by atoms with E-state index in [0.717, 1.165) is 18.0 Å². The van der Waals surface area contributed by atoms with E-state index < -0.39 is 0 Å². The van der Waals surface area contributed by atoms with Crippen LogP contribution in [0.1, 0.15) is 20.8 Å². The number of hydrogen-bond acceptors (Lipinski definition) is 3. The molecular formula is C13H22N2O. The molecule has 0 saturated heterocycles. The number of nitrogens with two attached hydrogens (primary N) is 1. The van der Waals surface area contributed by atoms with Gasteiger partial charge in [0.25, 0.3) is 0 Å². The second-order valence-electron chi connectivity index (χ2n) is 4.38. The molecule has 1 rings (SSSR count). The molecule has 0 aromatic heterocycles. The van der Waals surface area contributed by atoms with Gasteiger partial charge in [-0.2, -0.15) is 0 Å². The van der Waals surface area contributed by atoms with Gasteiger partial charge in [0.05, 0.1) is 11.8 Å². The summed E-state index contributed by atoms with van der Waals surface area (Å²) in [6.45, 7) is 7.74. The topological polar surface area (TPSA) is 47.3 Å². The van der Waals surface area contributed by atoms with Crippen molar-refractivity contribution in [3.05, 3.63) is 24.3 Å². The molecule has 0 aliphatic rings. The SMILES string of the molecule is CC(CN)CNc1ccccc1OC(C)C. The third-order valence-corrected chi connectivity index (χ3v) is 2.29. The number of benzene rings is 1. The average molecular weight is 222 g/mol. The van der Waals surface area contributed by atoms with E-state index in [1.165, 1.54) is 0 Å². The van der Waals surface area contributed by atoms with Gasteiger partial charge in [-0.1, -0.05) is 19.1 Å². The molecule has 0 aliphatic heterocycles. The predicted molar refractivity (Wildman–Crippen MR) is 68.9 cm³/mol. The third kappa shape index (κ3) is 4.11. The maximum atomic E-state index is 5.72. The van der Waals surface area contributed by atoms with Gasteiger partial charge in [0, 0.05) is 6.54 Å². The molecule has 0 aliphatic carbocycles. The molecule has 3 nitrogen and oxygen atoms in total. The number of anilines is 1. The number of nitrogens with one attached hydrogen (secondary N) is 1. The first kappa shape index (κ1) is 12.8. The Morgan fingerprint density at radius 3 is 2.56 bits per heavy atom. The quantitative estimate of drug-likeness (QED) is 0.777. The van der Waals surface area contributed by atoms with E-state index in [2.05, 4.69) is 12.2 Å². The van der Waals surface area contributed by atoms with Crippen LogP contribution in [0.25, 0.3) is 0 Å². The van der Waals surface area contributed by atoms with Crippen molar-refractivity contribution in [2.24, 2.45) is 11.7 Å². The molecule has 0 amide bonds. The molecule has 1 aromatic rings. The Balaban J connectivity index is 2.63. The second-order valence-corrected chi connectivity index (χ2v) is 4.38. The van der Waals surface area contributed by atoms with Crippen molar-refractivity contribution in [2.45, 2.75) is 26.9 Å². The summed E-state index contributed by atoms with van der Waals surface area (Å²) >= 11 is 0. The van der Waals surface area contributed by atoms with Crippen molar-refractivity contribution in [1.29, 1.82) is 0 Å².